The molecule has 2 atom stereocenters. The molecule has 0 aliphatic heterocycles. The molecule has 3 heteroatoms. The molecule has 17 heavy (non-hydrogen) atoms. The summed E-state index contributed by atoms with van der Waals surface area (Å²) in [6.45, 7) is 10.5. The van der Waals surface area contributed by atoms with E-state index in [1.807, 2.05) is 11.3 Å². The molecule has 0 fully saturated rings. The summed E-state index contributed by atoms with van der Waals surface area (Å²) in [6, 6.07) is 4.64. The van der Waals surface area contributed by atoms with Crippen LogP contribution >= 0.6 is 11.3 Å². The number of nitrogens with one attached hydrogen (secondary N) is 1. The Balaban J connectivity index is 2.79. The van der Waals surface area contributed by atoms with Gasteiger partial charge in [-0.15, -0.1) is 11.3 Å². The first-order valence-corrected chi connectivity index (χ1v) is 7.47. The first-order valence-electron chi connectivity index (χ1n) is 6.59. The molecule has 1 rings (SSSR count). The second-order valence-electron chi connectivity index (χ2n) is 4.61. The zero-order valence-corrected chi connectivity index (χ0v) is 12.2. The predicted molar refractivity (Wildman–Crippen MR) is 75.6 cm³/mol. The number of hydrogen-bond acceptors (Lipinski definition) is 3. The molecule has 0 aliphatic rings. The molecule has 0 aromatic carbocycles. The fourth-order valence-electron chi connectivity index (χ4n) is 2.01. The molecule has 0 aliphatic carbocycles. The predicted octanol–water partition coefficient (Wildman–Crippen LogP) is 3.85. The Morgan fingerprint density at radius 3 is 2.59 bits per heavy atom. The van der Waals surface area contributed by atoms with Crippen LogP contribution in [0.2, 0.25) is 0 Å². The van der Waals surface area contributed by atoms with Gasteiger partial charge in [-0.1, -0.05) is 26.8 Å². The van der Waals surface area contributed by atoms with E-state index >= 15 is 0 Å². The smallest absolute Gasteiger partial charge is 0.0800 e. The molecule has 98 valence electrons. The Hall–Kier alpha value is -0.380. The number of hydrogen-bond donors (Lipinski definition) is 1. The van der Waals surface area contributed by atoms with Crippen LogP contribution in [0.15, 0.2) is 17.5 Å². The highest BCUT2D eigenvalue weighted by Gasteiger charge is 2.26. The number of rotatable bonds is 8. The zero-order chi connectivity index (χ0) is 12.7. The third-order valence-corrected chi connectivity index (χ3v) is 3.76. The molecular formula is C14H25NOS. The Morgan fingerprint density at radius 1 is 1.35 bits per heavy atom. The van der Waals surface area contributed by atoms with Crippen LogP contribution in [0.4, 0.5) is 0 Å². The van der Waals surface area contributed by atoms with Crippen LogP contribution < -0.4 is 5.32 Å². The van der Waals surface area contributed by atoms with E-state index in [1.165, 1.54) is 4.88 Å². The van der Waals surface area contributed by atoms with Crippen molar-refractivity contribution in [3.63, 3.8) is 0 Å². The molecule has 2 nitrogen and oxygen atoms in total. The van der Waals surface area contributed by atoms with Crippen molar-refractivity contribution in [3.8, 4) is 0 Å². The molecule has 0 saturated carbocycles. The van der Waals surface area contributed by atoms with E-state index in [9.17, 15) is 0 Å². The molecule has 1 aromatic heterocycles. The maximum atomic E-state index is 5.93. The van der Waals surface area contributed by atoms with Gasteiger partial charge in [-0.25, -0.2) is 0 Å². The quantitative estimate of drug-likeness (QED) is 0.762. The summed E-state index contributed by atoms with van der Waals surface area (Å²) in [4.78, 5) is 1.38. The minimum Gasteiger partial charge on any atom is -0.376 e. The lowest BCUT2D eigenvalue weighted by Crippen LogP contribution is -2.37. The molecule has 0 amide bonds. The molecule has 1 heterocycles. The Bertz CT molecular complexity index is 284. The van der Waals surface area contributed by atoms with Gasteiger partial charge in [0, 0.05) is 11.5 Å². The lowest BCUT2D eigenvalue weighted by molar-refractivity contribution is 0.00368. The molecule has 0 bridgehead atoms. The highest BCUT2D eigenvalue weighted by molar-refractivity contribution is 7.10. The summed E-state index contributed by atoms with van der Waals surface area (Å²) in [5.41, 5.74) is 0. The third kappa shape index (κ3) is 4.41. The maximum Gasteiger partial charge on any atom is 0.0800 e. The van der Waals surface area contributed by atoms with Crippen LogP contribution in [0.3, 0.4) is 0 Å². The van der Waals surface area contributed by atoms with E-state index in [0.29, 0.717) is 12.0 Å². The normalized spacial score (nSPS) is 15.1. The first-order chi connectivity index (χ1) is 8.20. The van der Waals surface area contributed by atoms with E-state index in [2.05, 4.69) is 50.5 Å². The Labute approximate surface area is 109 Å². The van der Waals surface area contributed by atoms with Gasteiger partial charge < -0.3 is 10.1 Å². The van der Waals surface area contributed by atoms with Crippen molar-refractivity contribution in [3.05, 3.63) is 22.4 Å². The molecule has 1 aromatic rings. The van der Waals surface area contributed by atoms with E-state index in [0.717, 1.165) is 19.6 Å². The van der Waals surface area contributed by atoms with Crippen molar-refractivity contribution < 1.29 is 4.74 Å². The van der Waals surface area contributed by atoms with Crippen molar-refractivity contribution in [1.29, 1.82) is 0 Å². The Kier molecular flexibility index (Phi) is 6.78. The number of ether oxygens (including phenoxy) is 1. The lowest BCUT2D eigenvalue weighted by Gasteiger charge is -2.30. The highest BCUT2D eigenvalue weighted by Crippen LogP contribution is 2.28. The van der Waals surface area contributed by atoms with Gasteiger partial charge >= 0.3 is 0 Å². The van der Waals surface area contributed by atoms with Gasteiger partial charge in [-0.2, -0.15) is 0 Å². The van der Waals surface area contributed by atoms with Crippen LogP contribution in [0.25, 0.3) is 0 Å². The first kappa shape index (κ1) is 14.7. The minimum atomic E-state index is 0.255. The topological polar surface area (TPSA) is 21.3 Å². The van der Waals surface area contributed by atoms with Crippen molar-refractivity contribution in [2.75, 3.05) is 13.2 Å². The lowest BCUT2D eigenvalue weighted by atomic mass is 9.98. The fraction of sp³-hybridized carbons (Fsp3) is 0.714. The average molecular weight is 255 g/mol. The molecule has 0 saturated heterocycles. The Morgan fingerprint density at radius 2 is 2.12 bits per heavy atom. The monoisotopic (exact) mass is 255 g/mol. The maximum absolute atomic E-state index is 5.93. The molecule has 2 unspecified atom stereocenters. The van der Waals surface area contributed by atoms with Crippen LogP contribution in [0.1, 0.15) is 45.0 Å². The summed E-state index contributed by atoms with van der Waals surface area (Å²) >= 11 is 1.81. The van der Waals surface area contributed by atoms with Crippen LogP contribution in [0.5, 0.6) is 0 Å². The summed E-state index contributed by atoms with van der Waals surface area (Å²) in [5, 5.41) is 5.76. The summed E-state index contributed by atoms with van der Waals surface area (Å²) in [7, 11) is 0. The SMILES string of the molecule is CCCNC(c1cccs1)C(OCC)C(C)C. The molecular weight excluding hydrogens is 230 g/mol. The summed E-state index contributed by atoms with van der Waals surface area (Å²) < 4.78 is 5.93. The van der Waals surface area contributed by atoms with Gasteiger partial charge in [-0.3, -0.25) is 0 Å². The molecule has 0 spiro atoms. The fourth-order valence-corrected chi connectivity index (χ4v) is 2.85. The van der Waals surface area contributed by atoms with E-state index in [4.69, 9.17) is 4.74 Å². The second kappa shape index (κ2) is 7.85. The van der Waals surface area contributed by atoms with Gasteiger partial charge in [0.05, 0.1) is 12.1 Å². The van der Waals surface area contributed by atoms with Crippen LogP contribution in [-0.2, 0) is 4.74 Å². The standard InChI is InChI=1S/C14H25NOS/c1-5-9-15-13(12-8-7-10-17-12)14(11(3)4)16-6-2/h7-8,10-11,13-15H,5-6,9H2,1-4H3. The van der Waals surface area contributed by atoms with E-state index in [1.54, 1.807) is 0 Å². The van der Waals surface area contributed by atoms with Crippen molar-refractivity contribution >= 4 is 11.3 Å². The van der Waals surface area contributed by atoms with Crippen LogP contribution in [-0.4, -0.2) is 19.3 Å². The van der Waals surface area contributed by atoms with Gasteiger partial charge in [0.1, 0.15) is 0 Å². The summed E-state index contributed by atoms with van der Waals surface area (Å²) in [6.07, 6.45) is 1.41. The van der Waals surface area contributed by atoms with Crippen molar-refractivity contribution in [2.45, 2.75) is 46.3 Å². The summed E-state index contributed by atoms with van der Waals surface area (Å²) in [5.74, 6) is 0.520. The van der Waals surface area contributed by atoms with Crippen molar-refractivity contribution in [2.24, 2.45) is 5.92 Å². The number of thiophene rings is 1. The van der Waals surface area contributed by atoms with Gasteiger partial charge in [0.2, 0.25) is 0 Å². The van der Waals surface area contributed by atoms with Gasteiger partial charge in [-0.05, 0) is 37.3 Å². The van der Waals surface area contributed by atoms with E-state index in [-0.39, 0.29) is 6.10 Å². The zero-order valence-electron chi connectivity index (χ0n) is 11.4. The van der Waals surface area contributed by atoms with Crippen LogP contribution in [0, 0.1) is 5.92 Å². The molecule has 1 N–H and O–H groups in total. The largest absolute Gasteiger partial charge is 0.376 e. The molecule has 0 radical (unpaired) electrons. The highest BCUT2D eigenvalue weighted by atomic mass is 32.1. The third-order valence-electron chi connectivity index (χ3n) is 2.81. The minimum absolute atomic E-state index is 0.255. The second-order valence-corrected chi connectivity index (χ2v) is 5.59. The average Bonchev–Trinajstić information content (AvgIpc) is 2.81. The van der Waals surface area contributed by atoms with Gasteiger partial charge in [0.25, 0.3) is 0 Å². The van der Waals surface area contributed by atoms with Gasteiger partial charge in [0.15, 0.2) is 0 Å². The van der Waals surface area contributed by atoms with E-state index < -0.39 is 0 Å². The van der Waals surface area contributed by atoms with Crippen molar-refractivity contribution in [1.82, 2.24) is 5.32 Å².